The summed E-state index contributed by atoms with van der Waals surface area (Å²) in [6, 6.07) is 0.959. The minimum atomic E-state index is -0.407. The van der Waals surface area contributed by atoms with Gasteiger partial charge in [-0.3, -0.25) is 0 Å². The SMILES string of the molecule is CC1N(C)CC12CC(NC(=O)OC(C)(C)C)C2. The fraction of sp³-hybridized carbons (Fsp3) is 0.923. The zero-order valence-electron chi connectivity index (χ0n) is 11.5. The van der Waals surface area contributed by atoms with Crippen molar-refractivity contribution in [3.8, 4) is 0 Å². The zero-order valence-corrected chi connectivity index (χ0v) is 11.5. The Kier molecular flexibility index (Phi) is 2.89. The predicted molar refractivity (Wildman–Crippen MR) is 66.9 cm³/mol. The smallest absolute Gasteiger partial charge is 0.407 e. The van der Waals surface area contributed by atoms with Crippen LogP contribution in [0.15, 0.2) is 0 Å². The van der Waals surface area contributed by atoms with Crippen molar-refractivity contribution in [3.05, 3.63) is 0 Å². The molecule has 1 heterocycles. The van der Waals surface area contributed by atoms with Crippen LogP contribution in [0.4, 0.5) is 4.79 Å². The fourth-order valence-electron chi connectivity index (χ4n) is 3.09. The Morgan fingerprint density at radius 1 is 1.41 bits per heavy atom. The Morgan fingerprint density at radius 3 is 2.41 bits per heavy atom. The minimum absolute atomic E-state index is 0.280. The number of alkyl carbamates (subject to hydrolysis) is 1. The van der Waals surface area contributed by atoms with E-state index in [1.807, 2.05) is 20.8 Å². The van der Waals surface area contributed by atoms with Gasteiger partial charge in [-0.05, 0) is 47.6 Å². The number of amides is 1. The van der Waals surface area contributed by atoms with Crippen LogP contribution in [0.3, 0.4) is 0 Å². The van der Waals surface area contributed by atoms with E-state index in [4.69, 9.17) is 4.74 Å². The number of carbonyl (C=O) groups is 1. The van der Waals surface area contributed by atoms with Gasteiger partial charge in [-0.1, -0.05) is 0 Å². The maximum Gasteiger partial charge on any atom is 0.407 e. The van der Waals surface area contributed by atoms with Crippen LogP contribution in [0.5, 0.6) is 0 Å². The van der Waals surface area contributed by atoms with Gasteiger partial charge in [-0.2, -0.15) is 0 Å². The highest BCUT2D eigenvalue weighted by molar-refractivity contribution is 5.68. The second kappa shape index (κ2) is 3.87. The van der Waals surface area contributed by atoms with Gasteiger partial charge in [-0.25, -0.2) is 4.79 Å². The Balaban J connectivity index is 1.73. The van der Waals surface area contributed by atoms with Gasteiger partial charge < -0.3 is 15.0 Å². The lowest BCUT2D eigenvalue weighted by Crippen LogP contribution is -2.70. The molecule has 1 aliphatic carbocycles. The first-order valence-corrected chi connectivity index (χ1v) is 6.42. The first kappa shape index (κ1) is 12.7. The van der Waals surface area contributed by atoms with Crippen molar-refractivity contribution in [1.82, 2.24) is 10.2 Å². The fourth-order valence-corrected chi connectivity index (χ4v) is 3.09. The van der Waals surface area contributed by atoms with E-state index in [1.54, 1.807) is 0 Å². The molecule has 2 rings (SSSR count). The highest BCUT2D eigenvalue weighted by atomic mass is 16.6. The summed E-state index contributed by atoms with van der Waals surface area (Å²) in [5.74, 6) is 0. The van der Waals surface area contributed by atoms with Gasteiger partial charge in [0.05, 0.1) is 0 Å². The standard InChI is InChI=1S/C13H24N2O2/c1-9-13(8-15(9)5)6-10(7-13)14-11(16)17-12(2,3)4/h9-10H,6-8H2,1-5H3,(H,14,16). The molecule has 4 heteroatoms. The van der Waals surface area contributed by atoms with Crippen LogP contribution in [-0.2, 0) is 4.74 Å². The third-order valence-electron chi connectivity index (χ3n) is 4.14. The summed E-state index contributed by atoms with van der Waals surface area (Å²) in [5.41, 5.74) is 0.0595. The third kappa shape index (κ3) is 2.41. The molecule has 0 bridgehead atoms. The molecule has 1 saturated carbocycles. The van der Waals surface area contributed by atoms with Gasteiger partial charge in [0.1, 0.15) is 5.60 Å². The third-order valence-corrected chi connectivity index (χ3v) is 4.14. The van der Waals surface area contributed by atoms with Gasteiger partial charge in [0.15, 0.2) is 0 Å². The van der Waals surface area contributed by atoms with E-state index in [-0.39, 0.29) is 6.09 Å². The molecule has 0 aromatic heterocycles. The van der Waals surface area contributed by atoms with Gasteiger partial charge in [-0.15, -0.1) is 0 Å². The second-order valence-electron chi connectivity index (χ2n) is 6.70. The molecule has 1 amide bonds. The topological polar surface area (TPSA) is 41.6 Å². The van der Waals surface area contributed by atoms with Crippen LogP contribution >= 0.6 is 0 Å². The number of nitrogens with zero attached hydrogens (tertiary/aromatic N) is 1. The molecule has 98 valence electrons. The molecule has 1 saturated heterocycles. The monoisotopic (exact) mass is 240 g/mol. The van der Waals surface area contributed by atoms with E-state index in [2.05, 4.69) is 24.2 Å². The average Bonchev–Trinajstić information content (AvgIpc) is 2.10. The maximum atomic E-state index is 11.6. The Bertz CT molecular complexity index is 316. The highest BCUT2D eigenvalue weighted by Crippen LogP contribution is 2.52. The molecule has 1 atom stereocenters. The molecule has 0 aromatic rings. The first-order valence-electron chi connectivity index (χ1n) is 6.42. The normalized spacial score (nSPS) is 37.2. The van der Waals surface area contributed by atoms with Crippen molar-refractivity contribution in [1.29, 1.82) is 0 Å². The minimum Gasteiger partial charge on any atom is -0.444 e. The zero-order chi connectivity index (χ0) is 12.8. The summed E-state index contributed by atoms with van der Waals surface area (Å²) < 4.78 is 5.25. The molecule has 2 fully saturated rings. The van der Waals surface area contributed by atoms with E-state index in [0.717, 1.165) is 12.8 Å². The van der Waals surface area contributed by atoms with Crippen molar-refractivity contribution >= 4 is 6.09 Å². The lowest BCUT2D eigenvalue weighted by molar-refractivity contribution is -0.117. The van der Waals surface area contributed by atoms with E-state index >= 15 is 0 Å². The van der Waals surface area contributed by atoms with Gasteiger partial charge in [0.2, 0.25) is 0 Å². The molecule has 0 aromatic carbocycles. The summed E-state index contributed by atoms with van der Waals surface area (Å²) in [4.78, 5) is 13.9. The van der Waals surface area contributed by atoms with Crippen LogP contribution in [-0.4, -0.2) is 42.3 Å². The van der Waals surface area contributed by atoms with E-state index < -0.39 is 5.60 Å². The Hall–Kier alpha value is -0.770. The predicted octanol–water partition coefficient (Wildman–Crippen LogP) is 1.99. The number of hydrogen-bond donors (Lipinski definition) is 1. The van der Waals surface area contributed by atoms with E-state index in [0.29, 0.717) is 17.5 Å². The summed E-state index contributed by atoms with van der Waals surface area (Å²) in [5, 5.41) is 2.95. The van der Waals surface area contributed by atoms with Crippen LogP contribution in [0.2, 0.25) is 0 Å². The number of rotatable bonds is 1. The quantitative estimate of drug-likeness (QED) is 0.762. The van der Waals surface area contributed by atoms with E-state index in [1.165, 1.54) is 6.54 Å². The summed E-state index contributed by atoms with van der Waals surface area (Å²) in [6.45, 7) is 9.10. The lowest BCUT2D eigenvalue weighted by Gasteiger charge is -2.63. The molecule has 1 N–H and O–H groups in total. The molecule has 1 unspecified atom stereocenters. The highest BCUT2D eigenvalue weighted by Gasteiger charge is 2.56. The van der Waals surface area contributed by atoms with Crippen molar-refractivity contribution in [3.63, 3.8) is 0 Å². The molecule has 1 aliphatic heterocycles. The molecule has 2 aliphatic rings. The molecule has 0 radical (unpaired) electrons. The average molecular weight is 240 g/mol. The van der Waals surface area contributed by atoms with Crippen LogP contribution < -0.4 is 5.32 Å². The summed E-state index contributed by atoms with van der Waals surface area (Å²) in [7, 11) is 2.16. The van der Waals surface area contributed by atoms with Gasteiger partial charge in [0.25, 0.3) is 0 Å². The van der Waals surface area contributed by atoms with Crippen molar-refractivity contribution in [2.24, 2.45) is 5.41 Å². The van der Waals surface area contributed by atoms with Crippen LogP contribution in [0, 0.1) is 5.41 Å². The Morgan fingerprint density at radius 2 is 2.00 bits per heavy atom. The summed E-state index contributed by atoms with van der Waals surface area (Å²) >= 11 is 0. The molecule has 17 heavy (non-hydrogen) atoms. The first-order chi connectivity index (χ1) is 7.72. The molecule has 4 nitrogen and oxygen atoms in total. The molecule has 1 spiro atoms. The second-order valence-corrected chi connectivity index (χ2v) is 6.70. The number of nitrogens with one attached hydrogen (secondary N) is 1. The van der Waals surface area contributed by atoms with Crippen LogP contribution in [0.25, 0.3) is 0 Å². The number of hydrogen-bond acceptors (Lipinski definition) is 3. The van der Waals surface area contributed by atoms with Crippen molar-refractivity contribution in [2.45, 2.75) is 58.2 Å². The number of ether oxygens (including phenoxy) is 1. The van der Waals surface area contributed by atoms with Crippen LogP contribution in [0.1, 0.15) is 40.5 Å². The largest absolute Gasteiger partial charge is 0.444 e. The van der Waals surface area contributed by atoms with E-state index in [9.17, 15) is 4.79 Å². The van der Waals surface area contributed by atoms with Gasteiger partial charge in [0, 0.05) is 24.0 Å². The maximum absolute atomic E-state index is 11.6. The molecular formula is C13H24N2O2. The molecular weight excluding hydrogens is 216 g/mol. The van der Waals surface area contributed by atoms with Crippen molar-refractivity contribution < 1.29 is 9.53 Å². The number of likely N-dealkylation sites (tertiary alicyclic amines) is 1. The van der Waals surface area contributed by atoms with Crippen molar-refractivity contribution in [2.75, 3.05) is 13.6 Å². The van der Waals surface area contributed by atoms with Gasteiger partial charge >= 0.3 is 6.09 Å². The summed E-state index contributed by atoms with van der Waals surface area (Å²) in [6.07, 6.45) is 1.91. The Labute approximate surface area is 104 Å². The number of carbonyl (C=O) groups excluding carboxylic acids is 1. The lowest BCUT2D eigenvalue weighted by atomic mass is 9.56.